The van der Waals surface area contributed by atoms with Crippen LogP contribution in [0.4, 0.5) is 0 Å². The summed E-state index contributed by atoms with van der Waals surface area (Å²) in [5.41, 5.74) is 3.62. The highest BCUT2D eigenvalue weighted by atomic mass is 32.2. The minimum absolute atomic E-state index is 0.0279. The van der Waals surface area contributed by atoms with Gasteiger partial charge < -0.3 is 4.90 Å². The Morgan fingerprint density at radius 3 is 1.92 bits per heavy atom. The summed E-state index contributed by atoms with van der Waals surface area (Å²) in [5, 5.41) is -0.0279. The highest BCUT2D eigenvalue weighted by Gasteiger charge is 2.31. The molecule has 0 bridgehead atoms. The summed E-state index contributed by atoms with van der Waals surface area (Å²) in [7, 11) is 0. The minimum atomic E-state index is -0.0279. The molecule has 1 atom stereocenters. The molecule has 1 aliphatic rings. The van der Waals surface area contributed by atoms with Crippen molar-refractivity contribution in [3.8, 4) is 0 Å². The highest BCUT2D eigenvalue weighted by Crippen LogP contribution is 2.38. The lowest BCUT2D eigenvalue weighted by Gasteiger charge is -2.25. The van der Waals surface area contributed by atoms with Crippen LogP contribution in [0.1, 0.15) is 16.7 Å². The van der Waals surface area contributed by atoms with Crippen molar-refractivity contribution in [1.82, 2.24) is 4.90 Å². The molecular weight excluding hydrogens is 338 g/mol. The lowest BCUT2D eigenvalue weighted by Crippen LogP contribution is -2.36. The van der Waals surface area contributed by atoms with Crippen LogP contribution in [0.25, 0.3) is 0 Å². The third kappa shape index (κ3) is 3.83. The summed E-state index contributed by atoms with van der Waals surface area (Å²) in [6.45, 7) is 1.28. The molecule has 0 spiro atoms. The lowest BCUT2D eigenvalue weighted by molar-refractivity contribution is -0.131. The van der Waals surface area contributed by atoms with E-state index in [4.69, 9.17) is 0 Å². The third-order valence-electron chi connectivity index (χ3n) is 4.67. The molecule has 1 amide bonds. The minimum Gasteiger partial charge on any atom is -0.333 e. The number of rotatable bonds is 5. The molecular formula is C23H21NOS. The molecule has 1 heterocycles. The van der Waals surface area contributed by atoms with Gasteiger partial charge in [0.2, 0.25) is 5.91 Å². The second-order valence-corrected chi connectivity index (χ2v) is 7.83. The van der Waals surface area contributed by atoms with E-state index in [0.29, 0.717) is 13.1 Å². The summed E-state index contributed by atoms with van der Waals surface area (Å²) >= 11 is 1.70. The summed E-state index contributed by atoms with van der Waals surface area (Å²) in [4.78, 5) is 16.6. The van der Waals surface area contributed by atoms with Crippen molar-refractivity contribution >= 4 is 17.7 Å². The number of benzene rings is 3. The average Bonchev–Trinajstić information content (AvgIpc) is 3.13. The number of amides is 1. The van der Waals surface area contributed by atoms with E-state index in [-0.39, 0.29) is 11.2 Å². The van der Waals surface area contributed by atoms with Crippen LogP contribution in [0.2, 0.25) is 0 Å². The Labute approximate surface area is 158 Å². The van der Waals surface area contributed by atoms with Crippen LogP contribution in [0, 0.1) is 0 Å². The van der Waals surface area contributed by atoms with Crippen LogP contribution >= 0.6 is 11.8 Å². The van der Waals surface area contributed by atoms with Crippen LogP contribution < -0.4 is 0 Å². The number of carbonyl (C=O) groups excluding carboxylic acids is 1. The van der Waals surface area contributed by atoms with Crippen molar-refractivity contribution in [2.24, 2.45) is 0 Å². The zero-order valence-electron chi connectivity index (χ0n) is 14.5. The molecule has 0 saturated carbocycles. The molecule has 130 valence electrons. The van der Waals surface area contributed by atoms with Gasteiger partial charge in [-0.25, -0.2) is 0 Å². The molecule has 0 N–H and O–H groups in total. The van der Waals surface area contributed by atoms with E-state index in [1.165, 1.54) is 10.5 Å². The summed E-state index contributed by atoms with van der Waals surface area (Å²) in [6, 6.07) is 28.8. The van der Waals surface area contributed by atoms with Gasteiger partial charge in [-0.05, 0) is 29.2 Å². The Morgan fingerprint density at radius 2 is 1.35 bits per heavy atom. The molecule has 0 radical (unpaired) electrons. The molecule has 0 saturated heterocycles. The van der Waals surface area contributed by atoms with E-state index in [2.05, 4.69) is 42.5 Å². The van der Waals surface area contributed by atoms with Gasteiger partial charge >= 0.3 is 0 Å². The summed E-state index contributed by atoms with van der Waals surface area (Å²) in [6.07, 6.45) is 0.819. The number of carbonyl (C=O) groups is 1. The molecule has 0 aliphatic carbocycles. The van der Waals surface area contributed by atoms with Gasteiger partial charge in [-0.3, -0.25) is 4.79 Å². The normalized spacial score (nSPS) is 15.5. The van der Waals surface area contributed by atoms with Crippen LogP contribution in [0.5, 0.6) is 0 Å². The predicted octanol–water partition coefficient (Wildman–Crippen LogP) is 4.93. The maximum absolute atomic E-state index is 13.3. The monoisotopic (exact) mass is 359 g/mol. The molecule has 1 unspecified atom stereocenters. The Hall–Kier alpha value is -2.52. The molecule has 3 aromatic rings. The predicted molar refractivity (Wildman–Crippen MR) is 107 cm³/mol. The summed E-state index contributed by atoms with van der Waals surface area (Å²) in [5.74, 6) is 0.221. The highest BCUT2D eigenvalue weighted by molar-refractivity contribution is 8.01. The van der Waals surface area contributed by atoms with Crippen molar-refractivity contribution in [3.63, 3.8) is 0 Å². The van der Waals surface area contributed by atoms with E-state index in [0.717, 1.165) is 17.5 Å². The summed E-state index contributed by atoms with van der Waals surface area (Å²) < 4.78 is 0. The first-order valence-corrected chi connectivity index (χ1v) is 9.79. The van der Waals surface area contributed by atoms with E-state index in [1.807, 2.05) is 47.4 Å². The lowest BCUT2D eigenvalue weighted by atomic mass is 10.1. The van der Waals surface area contributed by atoms with Crippen molar-refractivity contribution in [2.45, 2.75) is 29.7 Å². The van der Waals surface area contributed by atoms with Gasteiger partial charge in [0.15, 0.2) is 0 Å². The SMILES string of the molecule is O=C(C1Cc2ccccc2S1)N(Cc1ccccc1)Cc1ccccc1. The van der Waals surface area contributed by atoms with Crippen LogP contribution in [0.15, 0.2) is 89.8 Å². The first-order valence-electron chi connectivity index (χ1n) is 8.91. The van der Waals surface area contributed by atoms with Crippen molar-refractivity contribution in [3.05, 3.63) is 102 Å². The van der Waals surface area contributed by atoms with E-state index in [1.54, 1.807) is 11.8 Å². The number of fused-ring (bicyclic) bond motifs is 1. The van der Waals surface area contributed by atoms with Gasteiger partial charge in [0.05, 0.1) is 5.25 Å². The molecule has 1 aliphatic heterocycles. The largest absolute Gasteiger partial charge is 0.333 e. The molecule has 3 aromatic carbocycles. The van der Waals surface area contributed by atoms with Gasteiger partial charge in [-0.2, -0.15) is 0 Å². The fourth-order valence-electron chi connectivity index (χ4n) is 3.34. The van der Waals surface area contributed by atoms with Crippen molar-refractivity contribution in [2.75, 3.05) is 0 Å². The number of hydrogen-bond acceptors (Lipinski definition) is 2. The van der Waals surface area contributed by atoms with Gasteiger partial charge in [-0.15, -0.1) is 11.8 Å². The number of hydrogen-bond donors (Lipinski definition) is 0. The standard InChI is InChI=1S/C23H21NOS/c25-23(22-15-20-13-7-8-14-21(20)26-22)24(16-18-9-3-1-4-10-18)17-19-11-5-2-6-12-19/h1-14,22H,15-17H2. The maximum Gasteiger partial charge on any atom is 0.237 e. The Kier molecular flexibility index (Phi) is 5.07. The van der Waals surface area contributed by atoms with Gasteiger partial charge in [0.1, 0.15) is 0 Å². The Bertz CT molecular complexity index is 812. The first kappa shape index (κ1) is 16.9. The fraction of sp³-hybridized carbons (Fsp3) is 0.174. The number of nitrogens with zero attached hydrogens (tertiary/aromatic N) is 1. The second kappa shape index (κ2) is 7.79. The Morgan fingerprint density at radius 1 is 0.808 bits per heavy atom. The van der Waals surface area contributed by atoms with Crippen LogP contribution in [-0.4, -0.2) is 16.1 Å². The Balaban J connectivity index is 1.55. The maximum atomic E-state index is 13.3. The van der Waals surface area contributed by atoms with Crippen molar-refractivity contribution in [1.29, 1.82) is 0 Å². The second-order valence-electron chi connectivity index (χ2n) is 6.58. The first-order chi connectivity index (χ1) is 12.8. The van der Waals surface area contributed by atoms with Gasteiger partial charge in [0.25, 0.3) is 0 Å². The van der Waals surface area contributed by atoms with Crippen LogP contribution in [-0.2, 0) is 24.3 Å². The molecule has 0 fully saturated rings. The third-order valence-corrected chi connectivity index (χ3v) is 5.97. The molecule has 0 aromatic heterocycles. The molecule has 4 rings (SSSR count). The van der Waals surface area contributed by atoms with Crippen LogP contribution in [0.3, 0.4) is 0 Å². The average molecular weight is 359 g/mol. The van der Waals surface area contributed by atoms with Gasteiger partial charge in [-0.1, -0.05) is 78.9 Å². The molecule has 26 heavy (non-hydrogen) atoms. The van der Waals surface area contributed by atoms with Crippen molar-refractivity contribution < 1.29 is 4.79 Å². The zero-order chi connectivity index (χ0) is 17.8. The van der Waals surface area contributed by atoms with E-state index < -0.39 is 0 Å². The molecule has 3 heteroatoms. The topological polar surface area (TPSA) is 20.3 Å². The zero-order valence-corrected chi connectivity index (χ0v) is 15.4. The fourth-order valence-corrected chi connectivity index (χ4v) is 4.62. The quantitative estimate of drug-likeness (QED) is 0.644. The molecule has 2 nitrogen and oxygen atoms in total. The number of thioether (sulfide) groups is 1. The van der Waals surface area contributed by atoms with E-state index >= 15 is 0 Å². The van der Waals surface area contributed by atoms with E-state index in [9.17, 15) is 4.79 Å². The van der Waals surface area contributed by atoms with Gasteiger partial charge in [0, 0.05) is 18.0 Å². The smallest absolute Gasteiger partial charge is 0.237 e.